The molecule has 0 aliphatic carbocycles. The summed E-state index contributed by atoms with van der Waals surface area (Å²) in [5, 5.41) is 13.2. The number of nitrogens with one attached hydrogen (secondary N) is 1. The normalized spacial score (nSPS) is 11.1. The third kappa shape index (κ3) is 6.09. The summed E-state index contributed by atoms with van der Waals surface area (Å²) in [6, 6.07) is 10.0. The van der Waals surface area contributed by atoms with E-state index in [1.54, 1.807) is 18.2 Å². The van der Waals surface area contributed by atoms with Crippen molar-refractivity contribution in [3.05, 3.63) is 52.6 Å². The molecule has 0 aliphatic rings. The molecule has 154 valence electrons. The van der Waals surface area contributed by atoms with Crippen LogP contribution < -0.4 is 19.5 Å². The highest BCUT2D eigenvalue weighted by Crippen LogP contribution is 2.29. The van der Waals surface area contributed by atoms with E-state index in [-0.39, 0.29) is 11.4 Å². The zero-order chi connectivity index (χ0) is 21.4. The Morgan fingerprint density at radius 2 is 1.72 bits per heavy atom. The molecule has 0 spiro atoms. The molecule has 0 radical (unpaired) electrons. The van der Waals surface area contributed by atoms with Gasteiger partial charge in [0.05, 0.1) is 19.1 Å². The van der Waals surface area contributed by atoms with Crippen molar-refractivity contribution < 1.29 is 33.5 Å². The monoisotopic (exact) mass is 404 g/mol. The van der Waals surface area contributed by atoms with Crippen molar-refractivity contribution in [1.82, 2.24) is 0 Å². The van der Waals surface area contributed by atoms with Gasteiger partial charge in [0, 0.05) is 23.9 Å². The lowest BCUT2D eigenvalue weighted by Gasteiger charge is -2.15. The highest BCUT2D eigenvalue weighted by molar-refractivity contribution is 5.95. The topological polar surface area (TPSA) is 126 Å². The highest BCUT2D eigenvalue weighted by Gasteiger charge is 2.19. The van der Waals surface area contributed by atoms with Crippen LogP contribution in [0.3, 0.4) is 0 Å². The van der Waals surface area contributed by atoms with Crippen LogP contribution in [0.5, 0.6) is 17.2 Å². The van der Waals surface area contributed by atoms with Crippen LogP contribution in [0.4, 0.5) is 11.4 Å². The number of nitro benzene ring substituents is 1. The van der Waals surface area contributed by atoms with Gasteiger partial charge in [0.2, 0.25) is 0 Å². The Labute approximate surface area is 166 Å². The van der Waals surface area contributed by atoms with Crippen LogP contribution in [0.1, 0.15) is 6.92 Å². The van der Waals surface area contributed by atoms with E-state index in [1.807, 2.05) is 0 Å². The molecule has 2 aromatic carbocycles. The van der Waals surface area contributed by atoms with Crippen molar-refractivity contribution in [2.45, 2.75) is 13.0 Å². The van der Waals surface area contributed by atoms with E-state index in [0.717, 1.165) is 0 Å². The van der Waals surface area contributed by atoms with E-state index in [4.69, 9.17) is 18.9 Å². The van der Waals surface area contributed by atoms with Gasteiger partial charge in [-0.3, -0.25) is 14.9 Å². The molecule has 0 saturated heterocycles. The van der Waals surface area contributed by atoms with Crippen LogP contribution in [-0.2, 0) is 14.3 Å². The number of methoxy groups -OCH3 is 2. The fourth-order valence-corrected chi connectivity index (χ4v) is 2.25. The summed E-state index contributed by atoms with van der Waals surface area (Å²) >= 11 is 0. The van der Waals surface area contributed by atoms with Crippen molar-refractivity contribution in [2.24, 2.45) is 0 Å². The van der Waals surface area contributed by atoms with Gasteiger partial charge in [0.1, 0.15) is 5.75 Å². The van der Waals surface area contributed by atoms with Gasteiger partial charge >= 0.3 is 5.97 Å². The summed E-state index contributed by atoms with van der Waals surface area (Å²) in [5.74, 6) is -0.103. The van der Waals surface area contributed by atoms with Crippen LogP contribution in [0.25, 0.3) is 0 Å². The van der Waals surface area contributed by atoms with E-state index in [9.17, 15) is 19.7 Å². The van der Waals surface area contributed by atoms with Crippen LogP contribution in [0.2, 0.25) is 0 Å². The van der Waals surface area contributed by atoms with Crippen molar-refractivity contribution >= 4 is 23.3 Å². The molecule has 10 nitrogen and oxygen atoms in total. The number of hydrogen-bond donors (Lipinski definition) is 1. The number of nitrogens with zero attached hydrogens (tertiary/aromatic N) is 1. The van der Waals surface area contributed by atoms with Gasteiger partial charge in [-0.2, -0.15) is 0 Å². The number of anilines is 1. The van der Waals surface area contributed by atoms with E-state index in [2.05, 4.69) is 5.32 Å². The van der Waals surface area contributed by atoms with Gasteiger partial charge in [-0.1, -0.05) is 0 Å². The first-order chi connectivity index (χ1) is 13.8. The maximum atomic E-state index is 12.2. The summed E-state index contributed by atoms with van der Waals surface area (Å²) in [6.45, 7) is 0.964. The standard InChI is InChI=1S/C19H20N2O8/c1-12(19(23)20-13-4-9-16(26-2)17(10-13)27-3)29-18(22)11-28-15-7-5-14(6-8-15)21(24)25/h4-10,12H,11H2,1-3H3,(H,20,23)/t12-/m1/s1. The van der Waals surface area contributed by atoms with Gasteiger partial charge in [0.15, 0.2) is 24.2 Å². The minimum atomic E-state index is -1.07. The lowest BCUT2D eigenvalue weighted by Crippen LogP contribution is -2.31. The van der Waals surface area contributed by atoms with Gasteiger partial charge < -0.3 is 24.3 Å². The molecule has 0 aromatic heterocycles. The number of rotatable bonds is 9. The predicted molar refractivity (Wildman–Crippen MR) is 102 cm³/mol. The molecule has 1 atom stereocenters. The number of hydrogen-bond acceptors (Lipinski definition) is 8. The molecule has 0 aliphatic heterocycles. The molecule has 29 heavy (non-hydrogen) atoms. The minimum Gasteiger partial charge on any atom is -0.493 e. The average Bonchev–Trinajstić information content (AvgIpc) is 2.72. The van der Waals surface area contributed by atoms with Gasteiger partial charge in [0.25, 0.3) is 11.6 Å². The zero-order valence-corrected chi connectivity index (χ0v) is 16.0. The summed E-state index contributed by atoms with van der Waals surface area (Å²) in [7, 11) is 2.97. The maximum absolute atomic E-state index is 12.2. The van der Waals surface area contributed by atoms with Crippen molar-refractivity contribution in [1.29, 1.82) is 0 Å². The number of benzene rings is 2. The number of nitro groups is 1. The molecule has 0 saturated carbocycles. The number of ether oxygens (including phenoxy) is 4. The van der Waals surface area contributed by atoms with E-state index in [0.29, 0.717) is 17.2 Å². The Bertz CT molecular complexity index is 882. The Balaban J connectivity index is 1.85. The van der Waals surface area contributed by atoms with E-state index in [1.165, 1.54) is 45.4 Å². The summed E-state index contributed by atoms with van der Waals surface area (Å²) in [6.07, 6.45) is -1.07. The predicted octanol–water partition coefficient (Wildman–Crippen LogP) is 2.56. The molecule has 0 fully saturated rings. The van der Waals surface area contributed by atoms with Crippen LogP contribution >= 0.6 is 0 Å². The summed E-state index contributed by atoms with van der Waals surface area (Å²) in [4.78, 5) is 34.1. The second-order valence-corrected chi connectivity index (χ2v) is 5.73. The number of carbonyl (C=O) groups is 2. The quantitative estimate of drug-likeness (QED) is 0.384. The average molecular weight is 404 g/mol. The van der Waals surface area contributed by atoms with Gasteiger partial charge in [-0.15, -0.1) is 0 Å². The van der Waals surface area contributed by atoms with Crippen LogP contribution in [0, 0.1) is 10.1 Å². The molecular weight excluding hydrogens is 384 g/mol. The van der Waals surface area contributed by atoms with E-state index >= 15 is 0 Å². The second kappa shape index (κ2) is 9.93. The Hall–Kier alpha value is -3.82. The van der Waals surface area contributed by atoms with Crippen molar-refractivity contribution in [2.75, 3.05) is 26.1 Å². The third-order valence-electron chi connectivity index (χ3n) is 3.73. The molecule has 0 bridgehead atoms. The Kier molecular flexibility index (Phi) is 7.35. The first-order valence-corrected chi connectivity index (χ1v) is 8.43. The smallest absolute Gasteiger partial charge is 0.344 e. The number of amides is 1. The lowest BCUT2D eigenvalue weighted by atomic mass is 10.2. The Morgan fingerprint density at radius 3 is 2.31 bits per heavy atom. The first-order valence-electron chi connectivity index (χ1n) is 8.43. The summed E-state index contributed by atoms with van der Waals surface area (Å²) in [5.41, 5.74) is 0.345. The van der Waals surface area contributed by atoms with Gasteiger partial charge in [-0.05, 0) is 31.2 Å². The largest absolute Gasteiger partial charge is 0.493 e. The molecule has 0 heterocycles. The number of carbonyl (C=O) groups excluding carboxylic acids is 2. The van der Waals surface area contributed by atoms with Crippen LogP contribution in [-0.4, -0.2) is 43.7 Å². The fourth-order valence-electron chi connectivity index (χ4n) is 2.25. The lowest BCUT2D eigenvalue weighted by molar-refractivity contribution is -0.384. The SMILES string of the molecule is COc1ccc(NC(=O)[C@@H](C)OC(=O)COc2ccc([N+](=O)[O-])cc2)cc1OC. The summed E-state index contributed by atoms with van der Waals surface area (Å²) < 4.78 is 20.5. The van der Waals surface area contributed by atoms with Crippen molar-refractivity contribution in [3.8, 4) is 17.2 Å². The van der Waals surface area contributed by atoms with E-state index < -0.39 is 29.5 Å². The minimum absolute atomic E-state index is 0.0969. The molecule has 1 N–H and O–H groups in total. The number of esters is 1. The first kappa shape index (κ1) is 21.5. The van der Waals surface area contributed by atoms with Crippen LogP contribution in [0.15, 0.2) is 42.5 Å². The third-order valence-corrected chi connectivity index (χ3v) is 3.73. The molecular formula is C19H20N2O8. The molecule has 10 heteroatoms. The molecule has 2 rings (SSSR count). The maximum Gasteiger partial charge on any atom is 0.344 e. The molecule has 0 unspecified atom stereocenters. The fraction of sp³-hybridized carbons (Fsp3) is 0.263. The molecule has 1 amide bonds. The zero-order valence-electron chi connectivity index (χ0n) is 16.0. The second-order valence-electron chi connectivity index (χ2n) is 5.73. The number of non-ortho nitro benzene ring substituents is 1. The molecule has 2 aromatic rings. The van der Waals surface area contributed by atoms with Crippen molar-refractivity contribution in [3.63, 3.8) is 0 Å². The van der Waals surface area contributed by atoms with Gasteiger partial charge in [-0.25, -0.2) is 4.79 Å². The Morgan fingerprint density at radius 1 is 1.07 bits per heavy atom. The highest BCUT2D eigenvalue weighted by atomic mass is 16.6.